The largest absolute Gasteiger partial charge is 0.455 e. The lowest BCUT2D eigenvalue weighted by Crippen LogP contribution is -1.94. The highest BCUT2D eigenvalue weighted by Gasteiger charge is 2.19. The Labute approximate surface area is 402 Å². The minimum Gasteiger partial charge on any atom is -0.455 e. The lowest BCUT2D eigenvalue weighted by atomic mass is 9.97. The van der Waals surface area contributed by atoms with E-state index in [4.69, 9.17) is 8.83 Å². The van der Waals surface area contributed by atoms with Gasteiger partial charge in [0.2, 0.25) is 0 Å². The van der Waals surface area contributed by atoms with E-state index in [2.05, 4.69) is 228 Å². The molecule has 0 unspecified atom stereocenters. The molecular weight excluding hydrogens is 853 g/mol. The molecule has 15 rings (SSSR count). The first-order chi connectivity index (χ1) is 34.7. The van der Waals surface area contributed by atoms with Crippen molar-refractivity contribution < 1.29 is 8.83 Å². The van der Waals surface area contributed by atoms with Gasteiger partial charge in [0, 0.05) is 65.6 Å². The summed E-state index contributed by atoms with van der Waals surface area (Å²) in [4.78, 5) is 0. The lowest BCUT2D eigenvalue weighted by molar-refractivity contribution is 0.669. The quantitative estimate of drug-likeness (QED) is 0.167. The van der Waals surface area contributed by atoms with Gasteiger partial charge in [-0.15, -0.1) is 0 Å². The molecule has 11 aromatic carbocycles. The summed E-state index contributed by atoms with van der Waals surface area (Å²) in [7, 11) is 0. The van der Waals surface area contributed by atoms with E-state index in [1.807, 2.05) is 24.3 Å². The van der Waals surface area contributed by atoms with Crippen LogP contribution in [0.1, 0.15) is 0 Å². The second-order valence-electron chi connectivity index (χ2n) is 18.4. The molecule has 15 aromatic rings. The minimum absolute atomic E-state index is 0.898. The molecule has 4 nitrogen and oxygen atoms in total. The van der Waals surface area contributed by atoms with Crippen molar-refractivity contribution in [1.82, 2.24) is 9.13 Å². The second kappa shape index (κ2) is 15.1. The van der Waals surface area contributed by atoms with Crippen LogP contribution in [-0.2, 0) is 0 Å². The summed E-state index contributed by atoms with van der Waals surface area (Å²) in [5.41, 5.74) is 19.6. The number of furan rings is 2. The fraction of sp³-hybridized carbons (Fsp3) is 0. The molecule has 0 atom stereocenters. The van der Waals surface area contributed by atoms with Gasteiger partial charge in [0.05, 0.1) is 22.1 Å². The fourth-order valence-corrected chi connectivity index (χ4v) is 11.3. The zero-order chi connectivity index (χ0) is 45.9. The summed E-state index contributed by atoms with van der Waals surface area (Å²) in [6.45, 7) is 0. The Morgan fingerprint density at radius 1 is 0.229 bits per heavy atom. The lowest BCUT2D eigenvalue weighted by Gasteiger charge is -2.11. The van der Waals surface area contributed by atoms with Crippen molar-refractivity contribution in [2.45, 2.75) is 0 Å². The standard InChI is InChI=1S/C66H40N2O2/c1-2-14-47(15-3-1)67-59-24-7-4-17-51(59)56-39-44(32-35-60(56)67)45-33-36-62-58(40-45)57-38-43(41-27-29-42(30-28-41)49-20-11-22-54-52-18-5-8-25-63(52)69-65(49)54)31-34-61(57)68(62)48-16-10-13-46(37-48)50-21-12-23-55-53-19-6-9-26-64(53)70-66(50)55/h1-40H. The maximum Gasteiger partial charge on any atom is 0.143 e. The summed E-state index contributed by atoms with van der Waals surface area (Å²) in [6, 6.07) is 87.6. The van der Waals surface area contributed by atoms with Crippen LogP contribution in [-0.4, -0.2) is 9.13 Å². The molecule has 0 aliphatic heterocycles. The van der Waals surface area contributed by atoms with E-state index in [0.29, 0.717) is 0 Å². The predicted molar refractivity (Wildman–Crippen MR) is 291 cm³/mol. The molecule has 4 heteroatoms. The van der Waals surface area contributed by atoms with Gasteiger partial charge < -0.3 is 18.0 Å². The molecule has 0 bridgehead atoms. The first kappa shape index (κ1) is 38.7. The highest BCUT2D eigenvalue weighted by Crippen LogP contribution is 2.42. The molecule has 0 amide bonds. The molecule has 4 heterocycles. The van der Waals surface area contributed by atoms with Crippen LogP contribution in [0.4, 0.5) is 0 Å². The molecule has 0 saturated heterocycles. The molecule has 0 aliphatic rings. The van der Waals surface area contributed by atoms with Gasteiger partial charge in [-0.2, -0.15) is 0 Å². The molecule has 4 aromatic heterocycles. The minimum atomic E-state index is 0.898. The predicted octanol–water partition coefficient (Wildman–Crippen LogP) is 18.3. The summed E-state index contributed by atoms with van der Waals surface area (Å²) >= 11 is 0. The van der Waals surface area contributed by atoms with Gasteiger partial charge in [0.15, 0.2) is 0 Å². The Morgan fingerprint density at radius 2 is 0.643 bits per heavy atom. The van der Waals surface area contributed by atoms with Gasteiger partial charge in [-0.3, -0.25) is 0 Å². The molecular formula is C66H40N2O2. The highest BCUT2D eigenvalue weighted by molar-refractivity contribution is 6.15. The van der Waals surface area contributed by atoms with E-state index in [-0.39, 0.29) is 0 Å². The topological polar surface area (TPSA) is 36.1 Å². The van der Waals surface area contributed by atoms with Crippen LogP contribution in [0, 0.1) is 0 Å². The van der Waals surface area contributed by atoms with Crippen LogP contribution < -0.4 is 0 Å². The number of hydrogen-bond donors (Lipinski definition) is 0. The average Bonchev–Trinajstić information content (AvgIpc) is 4.18. The van der Waals surface area contributed by atoms with E-state index < -0.39 is 0 Å². The highest BCUT2D eigenvalue weighted by atomic mass is 16.3. The Kier molecular flexibility index (Phi) is 8.33. The maximum absolute atomic E-state index is 6.54. The van der Waals surface area contributed by atoms with E-state index in [0.717, 1.165) is 99.7 Å². The SMILES string of the molecule is c1ccc(-n2c3ccccc3c3cc(-c4ccc5c(c4)c4cc(-c6ccc(-c7cccc8c7oc7ccccc78)cc6)ccc4n5-c4cccc(-c5cccc6c5oc5ccccc56)c4)ccc32)cc1. The van der Waals surface area contributed by atoms with Gasteiger partial charge in [-0.05, 0) is 112 Å². The number of rotatable bonds is 6. The maximum atomic E-state index is 6.54. The van der Waals surface area contributed by atoms with E-state index >= 15 is 0 Å². The van der Waals surface area contributed by atoms with E-state index in [9.17, 15) is 0 Å². The van der Waals surface area contributed by atoms with Gasteiger partial charge >= 0.3 is 0 Å². The molecule has 326 valence electrons. The molecule has 0 radical (unpaired) electrons. The van der Waals surface area contributed by atoms with Crippen molar-refractivity contribution in [3.8, 4) is 55.9 Å². The Hall–Kier alpha value is -9.38. The zero-order valence-electron chi connectivity index (χ0n) is 37.8. The number of nitrogens with zero attached hydrogens (tertiary/aromatic N) is 2. The van der Waals surface area contributed by atoms with Gasteiger partial charge in [-0.1, -0.05) is 164 Å². The molecule has 0 N–H and O–H groups in total. The van der Waals surface area contributed by atoms with Gasteiger partial charge in [0.1, 0.15) is 22.3 Å². The Bertz CT molecular complexity index is 4580. The monoisotopic (exact) mass is 892 g/mol. The third kappa shape index (κ3) is 5.84. The van der Waals surface area contributed by atoms with Crippen molar-refractivity contribution in [2.75, 3.05) is 0 Å². The first-order valence-electron chi connectivity index (χ1n) is 23.9. The third-order valence-corrected chi connectivity index (χ3v) is 14.5. The van der Waals surface area contributed by atoms with E-state index in [1.54, 1.807) is 0 Å². The summed E-state index contributed by atoms with van der Waals surface area (Å²) < 4.78 is 17.8. The second-order valence-corrected chi connectivity index (χ2v) is 18.4. The van der Waals surface area contributed by atoms with Crippen molar-refractivity contribution >= 4 is 87.5 Å². The van der Waals surface area contributed by atoms with Crippen molar-refractivity contribution in [2.24, 2.45) is 0 Å². The normalized spacial score (nSPS) is 12.0. The number of aromatic nitrogens is 2. The zero-order valence-corrected chi connectivity index (χ0v) is 37.8. The Balaban J connectivity index is 0.896. The van der Waals surface area contributed by atoms with Crippen molar-refractivity contribution in [1.29, 1.82) is 0 Å². The molecule has 0 spiro atoms. The molecule has 70 heavy (non-hydrogen) atoms. The average molecular weight is 893 g/mol. The van der Waals surface area contributed by atoms with Gasteiger partial charge in [0.25, 0.3) is 0 Å². The molecule has 0 fully saturated rings. The number of hydrogen-bond acceptors (Lipinski definition) is 2. The summed E-state index contributed by atoms with van der Waals surface area (Å²) in [5, 5.41) is 9.38. The van der Waals surface area contributed by atoms with Crippen LogP contribution >= 0.6 is 0 Å². The summed E-state index contributed by atoms with van der Waals surface area (Å²) in [5.74, 6) is 0. The number of para-hydroxylation sites is 6. The molecule has 0 saturated carbocycles. The molecule has 0 aliphatic carbocycles. The van der Waals surface area contributed by atoms with Crippen molar-refractivity contribution in [3.63, 3.8) is 0 Å². The van der Waals surface area contributed by atoms with E-state index in [1.165, 1.54) is 43.7 Å². The summed E-state index contributed by atoms with van der Waals surface area (Å²) in [6.07, 6.45) is 0. The van der Waals surface area contributed by atoms with Crippen molar-refractivity contribution in [3.05, 3.63) is 243 Å². The van der Waals surface area contributed by atoms with Crippen LogP contribution in [0.15, 0.2) is 251 Å². The van der Waals surface area contributed by atoms with Crippen LogP contribution in [0.25, 0.3) is 143 Å². The van der Waals surface area contributed by atoms with Crippen LogP contribution in [0.5, 0.6) is 0 Å². The van der Waals surface area contributed by atoms with Gasteiger partial charge in [-0.25, -0.2) is 0 Å². The first-order valence-corrected chi connectivity index (χ1v) is 23.9. The third-order valence-electron chi connectivity index (χ3n) is 14.5. The fourth-order valence-electron chi connectivity index (χ4n) is 11.3. The Morgan fingerprint density at radius 3 is 1.26 bits per heavy atom. The number of benzene rings is 11. The van der Waals surface area contributed by atoms with Crippen LogP contribution in [0.3, 0.4) is 0 Å². The smallest absolute Gasteiger partial charge is 0.143 e. The van der Waals surface area contributed by atoms with Crippen LogP contribution in [0.2, 0.25) is 0 Å². The number of fused-ring (bicyclic) bond motifs is 12.